The Morgan fingerprint density at radius 2 is 2.00 bits per heavy atom. The van der Waals surface area contributed by atoms with Gasteiger partial charge in [-0.05, 0) is 65.5 Å². The lowest BCUT2D eigenvalue weighted by Gasteiger charge is -2.29. The van der Waals surface area contributed by atoms with Crippen LogP contribution in [-0.4, -0.2) is 73.7 Å². The van der Waals surface area contributed by atoms with Crippen LogP contribution in [0.5, 0.6) is 0 Å². The summed E-state index contributed by atoms with van der Waals surface area (Å²) in [4.78, 5) is 10.0. The van der Waals surface area contributed by atoms with Crippen LogP contribution in [0.3, 0.4) is 0 Å². The zero-order valence-electron chi connectivity index (χ0n) is 15.6. The average Bonchev–Trinajstić information content (AvgIpc) is 3.29. The van der Waals surface area contributed by atoms with Crippen molar-refractivity contribution >= 4 is 29.9 Å². The van der Waals surface area contributed by atoms with E-state index in [-0.39, 0.29) is 24.0 Å². The Kier molecular flexibility index (Phi) is 8.07. The van der Waals surface area contributed by atoms with E-state index in [4.69, 9.17) is 4.99 Å². The molecule has 2 aliphatic heterocycles. The van der Waals surface area contributed by atoms with E-state index in [0.29, 0.717) is 6.04 Å². The van der Waals surface area contributed by atoms with E-state index < -0.39 is 0 Å². The Labute approximate surface area is 165 Å². The molecule has 0 amide bonds. The smallest absolute Gasteiger partial charge is 0.191 e. The lowest BCUT2D eigenvalue weighted by molar-refractivity contribution is 0.214. The number of halogens is 1. The lowest BCUT2D eigenvalue weighted by Crippen LogP contribution is -2.45. The summed E-state index contributed by atoms with van der Waals surface area (Å²) in [5.74, 6) is 1.74. The van der Waals surface area contributed by atoms with E-state index in [1.807, 2.05) is 0 Å². The Hall–Kier alpha value is -0.0800. The van der Waals surface area contributed by atoms with Crippen LogP contribution >= 0.6 is 24.0 Å². The number of guanidine groups is 1. The highest BCUT2D eigenvalue weighted by atomic mass is 127. The topological polar surface area (TPSA) is 42.9 Å². The summed E-state index contributed by atoms with van der Waals surface area (Å²) < 4.78 is 0. The van der Waals surface area contributed by atoms with Gasteiger partial charge in [0.2, 0.25) is 0 Å². The number of hydrogen-bond donors (Lipinski definition) is 2. The SMILES string of the molecule is CCNC(=NCC1CCCN(C)C1)NC1CC(C)N(C2CC2)C1.I. The first-order valence-corrected chi connectivity index (χ1v) is 9.64. The molecule has 3 fully saturated rings. The van der Waals surface area contributed by atoms with Crippen LogP contribution in [-0.2, 0) is 0 Å². The number of hydrogen-bond acceptors (Lipinski definition) is 3. The number of nitrogens with one attached hydrogen (secondary N) is 2. The molecule has 24 heavy (non-hydrogen) atoms. The van der Waals surface area contributed by atoms with E-state index in [9.17, 15) is 0 Å². The van der Waals surface area contributed by atoms with Gasteiger partial charge >= 0.3 is 0 Å². The molecule has 0 spiro atoms. The fourth-order valence-electron chi connectivity index (χ4n) is 4.23. The highest BCUT2D eigenvalue weighted by molar-refractivity contribution is 14.0. The van der Waals surface area contributed by atoms with Crippen LogP contribution in [0.15, 0.2) is 4.99 Å². The van der Waals surface area contributed by atoms with E-state index >= 15 is 0 Å². The minimum atomic E-state index is 0. The minimum absolute atomic E-state index is 0. The van der Waals surface area contributed by atoms with Crippen LogP contribution in [0.1, 0.15) is 46.0 Å². The molecule has 3 aliphatic rings. The Balaban J connectivity index is 0.00000208. The lowest BCUT2D eigenvalue weighted by atomic mass is 9.99. The fourth-order valence-corrected chi connectivity index (χ4v) is 4.23. The molecule has 2 N–H and O–H groups in total. The van der Waals surface area contributed by atoms with Crippen LogP contribution in [0, 0.1) is 5.92 Å². The molecular formula is C18H36IN5. The molecule has 140 valence electrons. The number of aliphatic imine (C=N–C) groups is 1. The molecule has 3 rings (SSSR count). The van der Waals surface area contributed by atoms with Crippen molar-refractivity contribution < 1.29 is 0 Å². The summed E-state index contributed by atoms with van der Waals surface area (Å²) in [6.07, 6.45) is 6.69. The zero-order valence-corrected chi connectivity index (χ0v) is 18.0. The number of rotatable bonds is 5. The molecule has 3 unspecified atom stereocenters. The third-order valence-corrected chi connectivity index (χ3v) is 5.55. The van der Waals surface area contributed by atoms with Crippen molar-refractivity contribution in [2.75, 3.05) is 39.8 Å². The fraction of sp³-hybridized carbons (Fsp3) is 0.944. The van der Waals surface area contributed by atoms with Crippen molar-refractivity contribution in [3.8, 4) is 0 Å². The first kappa shape index (κ1) is 20.2. The molecule has 1 saturated carbocycles. The van der Waals surface area contributed by atoms with Crippen molar-refractivity contribution in [2.45, 2.75) is 64.1 Å². The molecule has 2 saturated heterocycles. The molecule has 6 heteroatoms. The highest BCUT2D eigenvalue weighted by Crippen LogP contribution is 2.33. The summed E-state index contributed by atoms with van der Waals surface area (Å²) in [5.41, 5.74) is 0. The maximum Gasteiger partial charge on any atom is 0.191 e. The van der Waals surface area contributed by atoms with E-state index in [1.165, 1.54) is 51.7 Å². The second-order valence-electron chi connectivity index (χ2n) is 7.84. The third kappa shape index (κ3) is 5.73. The Morgan fingerprint density at radius 3 is 2.67 bits per heavy atom. The Morgan fingerprint density at radius 1 is 1.21 bits per heavy atom. The second kappa shape index (κ2) is 9.57. The predicted octanol–water partition coefficient (Wildman–Crippen LogP) is 2.13. The van der Waals surface area contributed by atoms with E-state index in [1.54, 1.807) is 0 Å². The van der Waals surface area contributed by atoms with Gasteiger partial charge in [-0.15, -0.1) is 24.0 Å². The van der Waals surface area contributed by atoms with Crippen molar-refractivity contribution in [2.24, 2.45) is 10.9 Å². The molecule has 0 radical (unpaired) electrons. The molecule has 0 bridgehead atoms. The van der Waals surface area contributed by atoms with Crippen molar-refractivity contribution in [3.63, 3.8) is 0 Å². The summed E-state index contributed by atoms with van der Waals surface area (Å²) in [6, 6.07) is 2.14. The molecule has 0 aromatic carbocycles. The average molecular weight is 449 g/mol. The van der Waals surface area contributed by atoms with E-state index in [2.05, 4.69) is 41.3 Å². The first-order valence-electron chi connectivity index (χ1n) is 9.64. The number of likely N-dealkylation sites (tertiary alicyclic amines) is 2. The van der Waals surface area contributed by atoms with Gasteiger partial charge < -0.3 is 15.5 Å². The van der Waals surface area contributed by atoms with Gasteiger partial charge in [0.25, 0.3) is 0 Å². The van der Waals surface area contributed by atoms with Gasteiger partial charge in [0.05, 0.1) is 0 Å². The number of piperidine rings is 1. The molecular weight excluding hydrogens is 413 g/mol. The van der Waals surface area contributed by atoms with Gasteiger partial charge in [-0.3, -0.25) is 9.89 Å². The summed E-state index contributed by atoms with van der Waals surface area (Å²) in [5, 5.41) is 7.14. The minimum Gasteiger partial charge on any atom is -0.357 e. The maximum atomic E-state index is 4.89. The molecule has 0 aromatic rings. The molecule has 3 atom stereocenters. The molecule has 5 nitrogen and oxygen atoms in total. The molecule has 2 heterocycles. The van der Waals surface area contributed by atoms with Crippen molar-refractivity contribution in [1.29, 1.82) is 0 Å². The van der Waals surface area contributed by atoms with E-state index in [0.717, 1.165) is 37.1 Å². The maximum absolute atomic E-state index is 4.89. The van der Waals surface area contributed by atoms with Crippen LogP contribution in [0.4, 0.5) is 0 Å². The summed E-state index contributed by atoms with van der Waals surface area (Å²) in [7, 11) is 2.23. The van der Waals surface area contributed by atoms with Gasteiger partial charge in [0.1, 0.15) is 0 Å². The van der Waals surface area contributed by atoms with Gasteiger partial charge in [-0.2, -0.15) is 0 Å². The Bertz CT molecular complexity index is 412. The van der Waals surface area contributed by atoms with Crippen molar-refractivity contribution in [3.05, 3.63) is 0 Å². The predicted molar refractivity (Wildman–Crippen MR) is 112 cm³/mol. The number of nitrogens with zero attached hydrogens (tertiary/aromatic N) is 3. The molecule has 1 aliphatic carbocycles. The third-order valence-electron chi connectivity index (χ3n) is 5.55. The van der Waals surface area contributed by atoms with Crippen LogP contribution < -0.4 is 10.6 Å². The van der Waals surface area contributed by atoms with Gasteiger partial charge in [-0.1, -0.05) is 0 Å². The van der Waals surface area contributed by atoms with Gasteiger partial charge in [0, 0.05) is 44.3 Å². The van der Waals surface area contributed by atoms with Crippen molar-refractivity contribution in [1.82, 2.24) is 20.4 Å². The molecule has 0 aromatic heterocycles. The second-order valence-corrected chi connectivity index (χ2v) is 7.84. The van der Waals surface area contributed by atoms with Crippen LogP contribution in [0.2, 0.25) is 0 Å². The zero-order chi connectivity index (χ0) is 16.2. The van der Waals surface area contributed by atoms with Gasteiger partial charge in [-0.25, -0.2) is 0 Å². The quantitative estimate of drug-likeness (QED) is 0.384. The largest absolute Gasteiger partial charge is 0.357 e. The van der Waals surface area contributed by atoms with Crippen LogP contribution in [0.25, 0.3) is 0 Å². The summed E-state index contributed by atoms with van der Waals surface area (Å²) in [6.45, 7) is 10.0. The monoisotopic (exact) mass is 449 g/mol. The highest BCUT2D eigenvalue weighted by Gasteiger charge is 2.38. The first-order chi connectivity index (χ1) is 11.2. The van der Waals surface area contributed by atoms with Gasteiger partial charge in [0.15, 0.2) is 5.96 Å². The summed E-state index contributed by atoms with van der Waals surface area (Å²) >= 11 is 0. The normalized spacial score (nSPS) is 32.5. The standard InChI is InChI=1S/C18H35N5.HI/c1-4-19-18(20-11-15-6-5-9-22(3)12-15)21-16-10-14(2)23(13-16)17-7-8-17;/h14-17H,4-13H2,1-3H3,(H2,19,20,21);1H.